The smallest absolute Gasteiger partial charge is 0.295 e. The minimum absolute atomic E-state index is 0. The number of nitrogen functional groups attached to an aromatic ring is 1. The predicted octanol–water partition coefficient (Wildman–Crippen LogP) is 0.272. The van der Waals surface area contributed by atoms with Gasteiger partial charge in [0, 0.05) is 111 Å². The molecule has 0 aliphatic carbocycles. The van der Waals surface area contributed by atoms with Crippen molar-refractivity contribution in [1.29, 1.82) is 0 Å². The number of amides is 1. The minimum atomic E-state index is -4.85. The molecule has 0 aromatic heterocycles. The Balaban J connectivity index is 0.00000385. The Hall–Kier alpha value is -0.0800. The molecular weight excluding hydrogens is 557 g/mol. The second kappa shape index (κ2) is 12.6. The van der Waals surface area contributed by atoms with Gasteiger partial charge in [-0.15, -0.1) is 0 Å². The van der Waals surface area contributed by atoms with E-state index < -0.39 is 56.5 Å². The van der Waals surface area contributed by atoms with E-state index in [4.69, 9.17) is 5.73 Å². The number of nitrogens with two attached hydrogens (primary N) is 1. The number of fused-ring (bicyclic) bond motifs is 1. The molecular formula is C17H14N2Na3O10S3. The number of hydrogen-bond donors (Lipinski definition) is 5. The third-order valence-corrected chi connectivity index (χ3v) is 6.96. The van der Waals surface area contributed by atoms with E-state index in [1.807, 2.05) is 0 Å². The maximum atomic E-state index is 12.7. The summed E-state index contributed by atoms with van der Waals surface area (Å²) in [5, 5.41) is 1.86. The maximum Gasteiger partial charge on any atom is 0.295 e. The van der Waals surface area contributed by atoms with E-state index in [0.717, 1.165) is 42.5 Å². The molecule has 35 heavy (non-hydrogen) atoms. The Morgan fingerprint density at radius 1 is 0.686 bits per heavy atom. The normalized spacial score (nSPS) is 11.5. The van der Waals surface area contributed by atoms with Gasteiger partial charge >= 0.3 is 0 Å². The molecule has 0 aliphatic heterocycles. The van der Waals surface area contributed by atoms with Crippen LogP contribution < -0.4 is 11.1 Å². The number of carbonyl (C=O) groups is 1. The molecule has 0 spiro atoms. The molecule has 0 aliphatic rings. The second-order valence-corrected chi connectivity index (χ2v) is 10.7. The van der Waals surface area contributed by atoms with Crippen LogP contribution in [0.4, 0.5) is 11.4 Å². The zero-order valence-electron chi connectivity index (χ0n) is 18.6. The van der Waals surface area contributed by atoms with Crippen molar-refractivity contribution in [3.05, 3.63) is 54.1 Å². The van der Waals surface area contributed by atoms with Gasteiger partial charge in [0.05, 0.1) is 10.5 Å². The SMILES string of the molecule is Nc1ccc(C(=O)Nc2ccc(S(=O)(=O)O)c3ccc(S(=O)(=O)O)cc23)c(S(=O)(=O)O)c1.[Na].[Na].[Na]. The molecule has 3 aromatic carbocycles. The quantitative estimate of drug-likeness (QED) is 0.159. The molecule has 0 unspecified atom stereocenters. The van der Waals surface area contributed by atoms with E-state index in [9.17, 15) is 43.7 Å². The van der Waals surface area contributed by atoms with Crippen LogP contribution in [0.3, 0.4) is 0 Å². The van der Waals surface area contributed by atoms with Crippen molar-refractivity contribution >= 4 is 147 Å². The van der Waals surface area contributed by atoms with E-state index >= 15 is 0 Å². The molecule has 0 saturated carbocycles. The summed E-state index contributed by atoms with van der Waals surface area (Å²) < 4.78 is 97.7. The van der Waals surface area contributed by atoms with Crippen LogP contribution >= 0.6 is 0 Å². The summed E-state index contributed by atoms with van der Waals surface area (Å²) in [5.41, 5.74) is 4.73. The standard InChI is InChI=1S/C17H14N2O10S3.3Na/c18-9-1-3-12(16(7-9)32(27,28)29)17(20)19-14-5-6-15(31(24,25)26)11-4-2-10(8-13(11)14)30(21,22)23;;;/h1-8H,18H2,(H,19,20)(H,21,22,23)(H,24,25,26)(H,27,28,29);;;. The van der Waals surface area contributed by atoms with Crippen molar-refractivity contribution in [2.75, 3.05) is 11.1 Å². The number of benzene rings is 3. The van der Waals surface area contributed by atoms with Gasteiger partial charge in [0.1, 0.15) is 9.79 Å². The van der Waals surface area contributed by atoms with Gasteiger partial charge < -0.3 is 11.1 Å². The van der Waals surface area contributed by atoms with E-state index in [1.165, 1.54) is 6.07 Å². The summed E-state index contributed by atoms with van der Waals surface area (Å²) in [6, 6.07) is 7.72. The molecule has 1 amide bonds. The summed E-state index contributed by atoms with van der Waals surface area (Å²) >= 11 is 0. The van der Waals surface area contributed by atoms with Crippen molar-refractivity contribution < 1.29 is 43.7 Å². The molecule has 0 atom stereocenters. The van der Waals surface area contributed by atoms with Gasteiger partial charge in [-0.1, -0.05) is 6.07 Å². The first-order valence-electron chi connectivity index (χ1n) is 8.29. The van der Waals surface area contributed by atoms with Gasteiger partial charge in [-0.2, -0.15) is 25.3 Å². The Morgan fingerprint density at radius 3 is 1.77 bits per heavy atom. The number of hydrogen-bond acceptors (Lipinski definition) is 8. The summed E-state index contributed by atoms with van der Waals surface area (Å²) in [7, 11) is -14.3. The molecule has 12 nitrogen and oxygen atoms in total. The van der Waals surface area contributed by atoms with Crippen LogP contribution in [-0.2, 0) is 30.4 Å². The topological polar surface area (TPSA) is 218 Å². The van der Waals surface area contributed by atoms with Crippen LogP contribution in [0.15, 0.2) is 63.2 Å². The second-order valence-electron chi connectivity index (χ2n) is 6.45. The van der Waals surface area contributed by atoms with E-state index in [2.05, 4.69) is 5.32 Å². The van der Waals surface area contributed by atoms with Gasteiger partial charge in [0.2, 0.25) is 0 Å². The fourth-order valence-electron chi connectivity index (χ4n) is 2.92. The average Bonchev–Trinajstić information content (AvgIpc) is 2.65. The first kappa shape index (κ1) is 34.9. The summed E-state index contributed by atoms with van der Waals surface area (Å²) in [5.74, 6) is -1.07. The van der Waals surface area contributed by atoms with Crippen molar-refractivity contribution in [2.24, 2.45) is 0 Å². The summed E-state index contributed by atoms with van der Waals surface area (Å²) in [6.45, 7) is 0. The van der Waals surface area contributed by atoms with Crippen molar-refractivity contribution in [3.8, 4) is 0 Å². The molecule has 3 radical (unpaired) electrons. The zero-order valence-corrected chi connectivity index (χ0v) is 27.1. The molecule has 0 saturated heterocycles. The average molecular weight is 571 g/mol. The molecule has 0 heterocycles. The largest absolute Gasteiger partial charge is 0.399 e. The van der Waals surface area contributed by atoms with Gasteiger partial charge in [0.15, 0.2) is 0 Å². The Bertz CT molecular complexity index is 1610. The first-order chi connectivity index (χ1) is 14.6. The van der Waals surface area contributed by atoms with Crippen LogP contribution in [0.2, 0.25) is 0 Å². The molecule has 0 bridgehead atoms. The Morgan fingerprint density at radius 2 is 1.26 bits per heavy atom. The number of carbonyl (C=O) groups excluding carboxylic acids is 1. The fourth-order valence-corrected chi connectivity index (χ4v) is 4.85. The fraction of sp³-hybridized carbons (Fsp3) is 0. The number of nitrogens with one attached hydrogen (secondary N) is 1. The maximum absolute atomic E-state index is 12.7. The van der Waals surface area contributed by atoms with Crippen LogP contribution in [0.25, 0.3) is 10.8 Å². The van der Waals surface area contributed by atoms with E-state index in [-0.39, 0.29) is 111 Å². The van der Waals surface area contributed by atoms with Gasteiger partial charge in [-0.25, -0.2) is 0 Å². The van der Waals surface area contributed by atoms with Gasteiger partial charge in [0.25, 0.3) is 36.3 Å². The third-order valence-electron chi connectivity index (χ3n) is 4.30. The molecule has 18 heteroatoms. The third kappa shape index (κ3) is 8.20. The first-order valence-corrected chi connectivity index (χ1v) is 12.6. The van der Waals surface area contributed by atoms with Crippen LogP contribution in [0.1, 0.15) is 10.4 Å². The van der Waals surface area contributed by atoms with Crippen LogP contribution in [-0.4, -0.2) is 133 Å². The zero-order chi connectivity index (χ0) is 24.1. The van der Waals surface area contributed by atoms with Gasteiger partial charge in [-0.3, -0.25) is 18.5 Å². The Kier molecular flexibility index (Phi) is 12.6. The van der Waals surface area contributed by atoms with Crippen molar-refractivity contribution in [2.45, 2.75) is 14.7 Å². The van der Waals surface area contributed by atoms with E-state index in [0.29, 0.717) is 0 Å². The molecule has 0 fully saturated rings. The van der Waals surface area contributed by atoms with Crippen LogP contribution in [0, 0.1) is 0 Å². The predicted molar refractivity (Wildman–Crippen MR) is 129 cm³/mol. The summed E-state index contributed by atoms with van der Waals surface area (Å²) in [4.78, 5) is 10.7. The summed E-state index contributed by atoms with van der Waals surface area (Å²) in [6.07, 6.45) is 0. The van der Waals surface area contributed by atoms with Crippen molar-refractivity contribution in [3.63, 3.8) is 0 Å². The molecule has 6 N–H and O–H groups in total. The minimum Gasteiger partial charge on any atom is -0.399 e. The number of anilines is 2. The van der Waals surface area contributed by atoms with Gasteiger partial charge in [-0.05, 0) is 42.5 Å². The number of rotatable bonds is 5. The Labute approximate surface area is 267 Å². The van der Waals surface area contributed by atoms with Crippen LogP contribution in [0.5, 0.6) is 0 Å². The molecule has 173 valence electrons. The molecule has 3 rings (SSSR count). The van der Waals surface area contributed by atoms with Crippen molar-refractivity contribution in [1.82, 2.24) is 0 Å². The monoisotopic (exact) mass is 571 g/mol. The molecule has 3 aromatic rings. The van der Waals surface area contributed by atoms with E-state index in [1.54, 1.807) is 0 Å².